The highest BCUT2D eigenvalue weighted by Crippen LogP contribution is 2.27. The van der Waals surface area contributed by atoms with Crippen molar-refractivity contribution in [3.8, 4) is 5.88 Å². The molecule has 2 saturated carbocycles. The average Bonchev–Trinajstić information content (AvgIpc) is 3.74. The number of nitrogens with zero attached hydrogens (tertiary/aromatic N) is 4. The van der Waals surface area contributed by atoms with E-state index in [0.717, 1.165) is 25.9 Å². The van der Waals surface area contributed by atoms with Gasteiger partial charge in [0.2, 0.25) is 11.5 Å². The molecule has 0 spiro atoms. The molecule has 5 rings (SSSR count). The molecule has 2 aromatic rings. The molecule has 182 valence electrons. The second-order valence-electron chi connectivity index (χ2n) is 10.1. The molecule has 3 fully saturated rings. The number of H-pyrrole nitrogens is 1. The molecule has 1 aliphatic heterocycles. The van der Waals surface area contributed by atoms with Crippen LogP contribution in [0.2, 0.25) is 0 Å². The van der Waals surface area contributed by atoms with Crippen molar-refractivity contribution in [2.45, 2.75) is 58.2 Å². The number of carbonyl (C=O) groups excluding carboxylic acids is 2. The van der Waals surface area contributed by atoms with Gasteiger partial charge in [-0.25, -0.2) is 9.89 Å². The number of piperazine rings is 1. The van der Waals surface area contributed by atoms with E-state index in [4.69, 9.17) is 0 Å². The van der Waals surface area contributed by atoms with Crippen LogP contribution in [0.5, 0.6) is 5.88 Å². The van der Waals surface area contributed by atoms with Gasteiger partial charge in [0.1, 0.15) is 0 Å². The van der Waals surface area contributed by atoms with Crippen molar-refractivity contribution in [2.24, 2.45) is 5.92 Å². The number of fused-ring (bicyclic) bond motifs is 1. The van der Waals surface area contributed by atoms with E-state index < -0.39 is 11.5 Å². The molecule has 3 heterocycles. The van der Waals surface area contributed by atoms with Crippen molar-refractivity contribution in [1.82, 2.24) is 24.7 Å². The molecule has 10 heteroatoms. The van der Waals surface area contributed by atoms with Crippen molar-refractivity contribution < 1.29 is 19.3 Å². The van der Waals surface area contributed by atoms with Crippen LogP contribution < -0.4 is 15.4 Å². The summed E-state index contributed by atoms with van der Waals surface area (Å²) in [4.78, 5) is 42.9. The van der Waals surface area contributed by atoms with Crippen LogP contribution in [-0.4, -0.2) is 74.6 Å². The number of aromatic nitrogens is 3. The number of carbonyl (C=O) groups is 2. The first-order valence-electron chi connectivity index (χ1n) is 12.2. The van der Waals surface area contributed by atoms with Gasteiger partial charge in [-0.3, -0.25) is 14.5 Å². The average molecular weight is 470 g/mol. The first kappa shape index (κ1) is 22.6. The van der Waals surface area contributed by atoms with Gasteiger partial charge in [-0.2, -0.15) is 4.57 Å². The summed E-state index contributed by atoms with van der Waals surface area (Å²) < 4.78 is 2.84. The summed E-state index contributed by atoms with van der Waals surface area (Å²) in [5.41, 5.74) is 0.119. The lowest BCUT2D eigenvalue weighted by Crippen LogP contribution is -2.48. The topological polar surface area (TPSA) is 114 Å². The molecular formula is C24H33N6O4+. The van der Waals surface area contributed by atoms with Crippen LogP contribution >= 0.6 is 0 Å². The molecule has 0 bridgehead atoms. The summed E-state index contributed by atoms with van der Waals surface area (Å²) in [7, 11) is 0. The van der Waals surface area contributed by atoms with E-state index in [1.54, 1.807) is 16.8 Å². The fourth-order valence-corrected chi connectivity index (χ4v) is 4.62. The predicted octanol–water partition coefficient (Wildman–Crippen LogP) is 0.489. The van der Waals surface area contributed by atoms with Gasteiger partial charge in [-0.05, 0) is 37.7 Å². The number of hydrogen-bond donors (Lipinski definition) is 3. The molecule has 0 unspecified atom stereocenters. The number of nitrogens with one attached hydrogen (secondary N) is 2. The van der Waals surface area contributed by atoms with Gasteiger partial charge in [-0.15, -0.1) is 0 Å². The lowest BCUT2D eigenvalue weighted by atomic mass is 10.2. The van der Waals surface area contributed by atoms with Crippen molar-refractivity contribution in [1.29, 1.82) is 0 Å². The Labute approximate surface area is 197 Å². The summed E-state index contributed by atoms with van der Waals surface area (Å²) in [5, 5.41) is 16.7. The monoisotopic (exact) mass is 469 g/mol. The van der Waals surface area contributed by atoms with Crippen LogP contribution in [0, 0.1) is 5.92 Å². The van der Waals surface area contributed by atoms with Crippen LogP contribution in [-0.2, 0) is 11.3 Å². The first-order valence-corrected chi connectivity index (χ1v) is 12.2. The highest BCUT2D eigenvalue weighted by atomic mass is 16.3. The van der Waals surface area contributed by atoms with Crippen LogP contribution in [0.25, 0.3) is 11.7 Å². The van der Waals surface area contributed by atoms with Crippen molar-refractivity contribution in [3.05, 3.63) is 33.8 Å². The van der Waals surface area contributed by atoms with E-state index in [1.807, 2.05) is 18.7 Å². The summed E-state index contributed by atoms with van der Waals surface area (Å²) >= 11 is 0. The van der Waals surface area contributed by atoms with Crippen molar-refractivity contribution in [3.63, 3.8) is 0 Å². The Balaban J connectivity index is 1.44. The molecule has 2 aromatic heterocycles. The Hall–Kier alpha value is -3.14. The van der Waals surface area contributed by atoms with Crippen molar-refractivity contribution >= 4 is 23.5 Å². The molecule has 0 atom stereocenters. The maximum Gasteiger partial charge on any atom is 0.378 e. The van der Waals surface area contributed by atoms with Gasteiger partial charge in [-0.1, -0.05) is 18.4 Å². The second kappa shape index (κ2) is 8.90. The van der Waals surface area contributed by atoms with Crippen molar-refractivity contribution in [2.75, 3.05) is 26.2 Å². The third kappa shape index (κ3) is 4.46. The van der Waals surface area contributed by atoms with E-state index in [0.29, 0.717) is 36.9 Å². The van der Waals surface area contributed by atoms with E-state index in [-0.39, 0.29) is 29.3 Å². The number of aromatic amines is 1. The summed E-state index contributed by atoms with van der Waals surface area (Å²) in [5.74, 6) is -0.845. The van der Waals surface area contributed by atoms with Crippen LogP contribution in [0.1, 0.15) is 55.5 Å². The number of aromatic hydroxyl groups is 1. The number of amides is 2. The molecule has 34 heavy (non-hydrogen) atoms. The molecule has 1 saturated heterocycles. The van der Waals surface area contributed by atoms with E-state index >= 15 is 0 Å². The zero-order valence-corrected chi connectivity index (χ0v) is 19.8. The minimum Gasteiger partial charge on any atom is -0.477 e. The standard InChI is InChI=1S/C24H32N6O4/c1-15(2)14-29-22-16(3-8-19(31)28-11-9-27(10-12-28)18-6-7-18)13-25-30(22)24(34)20(23(29)33)21(32)26-17-4-5-17/h3,8,13,15,17-18H,4-7,9-12,14H2,1-2H3,(H2,26,32,33,34)/p+1/b8-3+. The molecule has 0 aromatic carbocycles. The van der Waals surface area contributed by atoms with Gasteiger partial charge in [0.05, 0.1) is 18.3 Å². The minimum atomic E-state index is -0.618. The van der Waals surface area contributed by atoms with Crippen LogP contribution in [0.3, 0.4) is 0 Å². The molecular weight excluding hydrogens is 436 g/mol. The van der Waals surface area contributed by atoms with Crippen LogP contribution in [0.4, 0.5) is 0 Å². The van der Waals surface area contributed by atoms with Crippen LogP contribution in [0.15, 0.2) is 17.1 Å². The van der Waals surface area contributed by atoms with Gasteiger partial charge >= 0.3 is 17.1 Å². The maximum absolute atomic E-state index is 13.1. The fraction of sp³-hybridized carbons (Fsp3) is 0.583. The van der Waals surface area contributed by atoms with E-state index in [9.17, 15) is 19.5 Å². The molecule has 3 N–H and O–H groups in total. The first-order chi connectivity index (χ1) is 16.3. The third-order valence-corrected chi connectivity index (χ3v) is 6.75. The zero-order chi connectivity index (χ0) is 24.0. The Morgan fingerprint density at radius 3 is 2.53 bits per heavy atom. The highest BCUT2D eigenvalue weighted by molar-refractivity contribution is 5.96. The normalized spacial score (nSPS) is 19.4. The smallest absolute Gasteiger partial charge is 0.378 e. The Bertz CT molecular complexity index is 1200. The van der Waals surface area contributed by atoms with Gasteiger partial charge in [0, 0.05) is 44.3 Å². The molecule has 0 radical (unpaired) electrons. The summed E-state index contributed by atoms with van der Waals surface area (Å²) in [6.07, 6.45) is 9.09. The largest absolute Gasteiger partial charge is 0.477 e. The Morgan fingerprint density at radius 2 is 1.91 bits per heavy atom. The zero-order valence-electron chi connectivity index (χ0n) is 19.8. The van der Waals surface area contributed by atoms with E-state index in [2.05, 4.69) is 15.3 Å². The van der Waals surface area contributed by atoms with Gasteiger partial charge in [0.15, 0.2) is 0 Å². The fourth-order valence-electron chi connectivity index (χ4n) is 4.62. The number of rotatable bonds is 7. The van der Waals surface area contributed by atoms with Gasteiger partial charge in [0.25, 0.3) is 5.91 Å². The SMILES string of the molecule is CC(C)C[n+]1c(O)c(C(=O)NC2CC2)c(=O)n2[nH]cc(/C=C/C(=O)N3CCN(C4CC4)CC3)c21. The molecule has 2 aliphatic carbocycles. The second-order valence-corrected chi connectivity index (χ2v) is 10.1. The molecule has 10 nitrogen and oxygen atoms in total. The predicted molar refractivity (Wildman–Crippen MR) is 125 cm³/mol. The van der Waals surface area contributed by atoms with Gasteiger partial charge < -0.3 is 15.3 Å². The molecule has 2 amide bonds. The maximum atomic E-state index is 13.1. The lowest BCUT2D eigenvalue weighted by molar-refractivity contribution is -0.686. The summed E-state index contributed by atoms with van der Waals surface area (Å²) in [6.45, 7) is 7.60. The number of hydrogen-bond acceptors (Lipinski definition) is 5. The highest BCUT2D eigenvalue weighted by Gasteiger charge is 2.35. The minimum absolute atomic E-state index is 0.0600. The Kier molecular flexibility index (Phi) is 5.93. The lowest BCUT2D eigenvalue weighted by Gasteiger charge is -2.34. The Morgan fingerprint density at radius 1 is 1.21 bits per heavy atom. The summed E-state index contributed by atoms with van der Waals surface area (Å²) in [6, 6.07) is 0.766. The van der Waals surface area contributed by atoms with E-state index in [1.165, 1.54) is 23.4 Å². The quantitative estimate of drug-likeness (QED) is 0.403. The molecule has 3 aliphatic rings. The third-order valence-electron chi connectivity index (χ3n) is 6.75.